The van der Waals surface area contributed by atoms with Gasteiger partial charge in [-0.05, 0) is 48.9 Å². The molecule has 0 atom stereocenters. The molecule has 19 heavy (non-hydrogen) atoms. The zero-order valence-electron chi connectivity index (χ0n) is 10.00. The minimum absolute atomic E-state index is 0.186. The summed E-state index contributed by atoms with van der Waals surface area (Å²) in [4.78, 5) is 0. The van der Waals surface area contributed by atoms with Gasteiger partial charge >= 0.3 is 0 Å². The topological polar surface area (TPSA) is 35.2 Å². The molecule has 2 N–H and O–H groups in total. The maximum Gasteiger partial charge on any atom is 0.165 e. The zero-order valence-corrected chi connectivity index (χ0v) is 13.2. The van der Waals surface area contributed by atoms with E-state index in [0.717, 1.165) is 14.5 Å². The molecule has 5 heteroatoms. The van der Waals surface area contributed by atoms with Crippen molar-refractivity contribution in [3.63, 3.8) is 0 Å². The minimum Gasteiger partial charge on any atom is -0.454 e. The molecule has 0 heterocycles. The summed E-state index contributed by atoms with van der Waals surface area (Å²) < 4.78 is 21.0. The van der Waals surface area contributed by atoms with E-state index in [-0.39, 0.29) is 5.75 Å². The highest BCUT2D eigenvalue weighted by Crippen LogP contribution is 2.31. The Balaban J connectivity index is 2.36. The van der Waals surface area contributed by atoms with E-state index in [4.69, 9.17) is 10.5 Å². The highest BCUT2D eigenvalue weighted by molar-refractivity contribution is 9.10. The minimum atomic E-state index is -0.401. The van der Waals surface area contributed by atoms with Gasteiger partial charge in [0, 0.05) is 8.95 Å². The van der Waals surface area contributed by atoms with Crippen molar-refractivity contribution in [3.05, 3.63) is 56.7 Å². The van der Waals surface area contributed by atoms with Crippen LogP contribution in [0.3, 0.4) is 0 Å². The highest BCUT2D eigenvalue weighted by Gasteiger charge is 2.09. The first-order chi connectivity index (χ1) is 9.10. The SMILES string of the molecule is NCCc1ccc(Br)cc1Oc1cc(Br)ccc1F. The molecule has 0 saturated carbocycles. The summed E-state index contributed by atoms with van der Waals surface area (Å²) in [6, 6.07) is 10.2. The Bertz CT molecular complexity index is 590. The van der Waals surface area contributed by atoms with Gasteiger partial charge < -0.3 is 10.5 Å². The van der Waals surface area contributed by atoms with Crippen LogP contribution in [-0.4, -0.2) is 6.54 Å². The molecule has 0 aliphatic rings. The molecule has 2 nitrogen and oxygen atoms in total. The van der Waals surface area contributed by atoms with Crippen molar-refractivity contribution in [1.82, 2.24) is 0 Å². The van der Waals surface area contributed by atoms with Crippen molar-refractivity contribution in [3.8, 4) is 11.5 Å². The number of hydrogen-bond acceptors (Lipinski definition) is 2. The van der Waals surface area contributed by atoms with Crippen molar-refractivity contribution in [1.29, 1.82) is 0 Å². The van der Waals surface area contributed by atoms with Crippen LogP contribution in [0.2, 0.25) is 0 Å². The Hall–Kier alpha value is -0.910. The van der Waals surface area contributed by atoms with E-state index in [1.807, 2.05) is 18.2 Å². The normalized spacial score (nSPS) is 10.5. The first-order valence-electron chi connectivity index (χ1n) is 5.71. The Labute approximate surface area is 128 Å². The third kappa shape index (κ3) is 3.78. The second kappa shape index (κ2) is 6.50. The summed E-state index contributed by atoms with van der Waals surface area (Å²) in [7, 11) is 0. The number of halogens is 3. The van der Waals surface area contributed by atoms with Crippen LogP contribution in [0.5, 0.6) is 11.5 Å². The molecule has 0 aliphatic carbocycles. The summed E-state index contributed by atoms with van der Waals surface area (Å²) in [5, 5.41) is 0. The standard InChI is InChI=1S/C14H12Br2FNO/c15-10-2-1-9(5-6-18)13(7-10)19-14-8-11(16)3-4-12(14)17/h1-4,7-8H,5-6,18H2. The van der Waals surface area contributed by atoms with Gasteiger partial charge in [-0.25, -0.2) is 4.39 Å². The van der Waals surface area contributed by atoms with E-state index < -0.39 is 5.82 Å². The molecular weight excluding hydrogens is 377 g/mol. The van der Waals surface area contributed by atoms with Crippen molar-refractivity contribution >= 4 is 31.9 Å². The third-order valence-electron chi connectivity index (χ3n) is 2.56. The highest BCUT2D eigenvalue weighted by atomic mass is 79.9. The molecule has 0 amide bonds. The summed E-state index contributed by atoms with van der Waals surface area (Å²) in [5.74, 6) is 0.393. The van der Waals surface area contributed by atoms with E-state index in [0.29, 0.717) is 18.7 Å². The monoisotopic (exact) mass is 387 g/mol. The van der Waals surface area contributed by atoms with Gasteiger partial charge in [-0.2, -0.15) is 0 Å². The average molecular weight is 389 g/mol. The fourth-order valence-corrected chi connectivity index (χ4v) is 2.34. The second-order valence-electron chi connectivity index (χ2n) is 3.97. The number of ether oxygens (including phenoxy) is 1. The van der Waals surface area contributed by atoms with E-state index in [2.05, 4.69) is 31.9 Å². The van der Waals surface area contributed by atoms with Crippen LogP contribution in [-0.2, 0) is 6.42 Å². The number of rotatable bonds is 4. The lowest BCUT2D eigenvalue weighted by Gasteiger charge is -2.12. The van der Waals surface area contributed by atoms with Gasteiger partial charge in [0.15, 0.2) is 11.6 Å². The molecule has 0 aromatic heterocycles. The summed E-state index contributed by atoms with van der Waals surface area (Å²) in [6.07, 6.45) is 0.679. The number of hydrogen-bond donors (Lipinski definition) is 1. The molecule has 0 unspecified atom stereocenters. The van der Waals surface area contributed by atoms with E-state index in [9.17, 15) is 4.39 Å². The van der Waals surface area contributed by atoms with Gasteiger partial charge in [0.25, 0.3) is 0 Å². The van der Waals surface area contributed by atoms with Crippen molar-refractivity contribution in [2.45, 2.75) is 6.42 Å². The predicted molar refractivity (Wildman–Crippen MR) is 81.1 cm³/mol. The number of nitrogens with two attached hydrogens (primary N) is 1. The molecule has 100 valence electrons. The van der Waals surface area contributed by atoms with Gasteiger partial charge in [0.1, 0.15) is 5.75 Å². The molecule has 0 radical (unpaired) electrons. The van der Waals surface area contributed by atoms with Crippen LogP contribution < -0.4 is 10.5 Å². The van der Waals surface area contributed by atoms with Gasteiger partial charge in [0.05, 0.1) is 0 Å². The van der Waals surface area contributed by atoms with Gasteiger partial charge in [-0.1, -0.05) is 37.9 Å². The maximum absolute atomic E-state index is 13.7. The quantitative estimate of drug-likeness (QED) is 0.827. The lowest BCUT2D eigenvalue weighted by molar-refractivity contribution is 0.437. The van der Waals surface area contributed by atoms with Crippen LogP contribution in [0.25, 0.3) is 0 Å². The lowest BCUT2D eigenvalue weighted by Crippen LogP contribution is -2.04. The third-order valence-corrected chi connectivity index (χ3v) is 3.54. The van der Waals surface area contributed by atoms with Crippen molar-refractivity contribution in [2.24, 2.45) is 5.73 Å². The summed E-state index contributed by atoms with van der Waals surface area (Å²) in [6.45, 7) is 0.513. The van der Waals surface area contributed by atoms with E-state index in [1.54, 1.807) is 12.1 Å². The lowest BCUT2D eigenvalue weighted by atomic mass is 10.1. The van der Waals surface area contributed by atoms with E-state index >= 15 is 0 Å². The van der Waals surface area contributed by atoms with Crippen LogP contribution >= 0.6 is 31.9 Å². The number of benzene rings is 2. The van der Waals surface area contributed by atoms with Crippen LogP contribution in [0, 0.1) is 5.82 Å². The zero-order chi connectivity index (χ0) is 13.8. The van der Waals surface area contributed by atoms with Crippen LogP contribution in [0.4, 0.5) is 4.39 Å². The van der Waals surface area contributed by atoms with Crippen LogP contribution in [0.1, 0.15) is 5.56 Å². The van der Waals surface area contributed by atoms with Gasteiger partial charge in [-0.15, -0.1) is 0 Å². The predicted octanol–water partition coefficient (Wildman–Crippen LogP) is 4.64. The molecule has 2 aromatic rings. The largest absolute Gasteiger partial charge is 0.454 e. The van der Waals surface area contributed by atoms with Gasteiger partial charge in [0.2, 0.25) is 0 Å². The summed E-state index contributed by atoms with van der Waals surface area (Å²) in [5.41, 5.74) is 6.52. The molecular formula is C14H12Br2FNO. The van der Waals surface area contributed by atoms with Crippen molar-refractivity contribution in [2.75, 3.05) is 6.54 Å². The smallest absolute Gasteiger partial charge is 0.165 e. The van der Waals surface area contributed by atoms with Crippen molar-refractivity contribution < 1.29 is 9.13 Å². The molecule has 2 aromatic carbocycles. The molecule has 0 aliphatic heterocycles. The fraction of sp³-hybridized carbons (Fsp3) is 0.143. The van der Waals surface area contributed by atoms with Gasteiger partial charge in [-0.3, -0.25) is 0 Å². The first-order valence-corrected chi connectivity index (χ1v) is 7.30. The summed E-state index contributed by atoms with van der Waals surface area (Å²) >= 11 is 6.68. The molecule has 0 saturated heterocycles. The first kappa shape index (κ1) is 14.5. The fourth-order valence-electron chi connectivity index (χ4n) is 1.66. The second-order valence-corrected chi connectivity index (χ2v) is 5.80. The Morgan fingerprint density at radius 3 is 2.32 bits per heavy atom. The Morgan fingerprint density at radius 1 is 1.00 bits per heavy atom. The Kier molecular flexibility index (Phi) is 4.96. The van der Waals surface area contributed by atoms with Crippen LogP contribution in [0.15, 0.2) is 45.3 Å². The molecule has 0 bridgehead atoms. The van der Waals surface area contributed by atoms with E-state index in [1.165, 1.54) is 6.07 Å². The molecule has 0 spiro atoms. The molecule has 2 rings (SSSR count). The molecule has 0 fully saturated rings. The Morgan fingerprint density at radius 2 is 1.63 bits per heavy atom. The average Bonchev–Trinajstić information content (AvgIpc) is 2.37. The maximum atomic E-state index is 13.7.